The second-order valence-electron chi connectivity index (χ2n) is 7.75. The predicted molar refractivity (Wildman–Crippen MR) is 118 cm³/mol. The Morgan fingerprint density at radius 2 is 1.87 bits per heavy atom. The number of methoxy groups -OCH3 is 2. The minimum Gasteiger partial charge on any atom is -0.493 e. The van der Waals surface area contributed by atoms with E-state index in [1.54, 1.807) is 39.4 Å². The highest BCUT2D eigenvalue weighted by atomic mass is 16.5. The largest absolute Gasteiger partial charge is 0.493 e. The Balaban J connectivity index is 1.52. The molecular formula is C24H30N2O5. The fourth-order valence-electron chi connectivity index (χ4n) is 3.61. The number of hydrogen-bond acceptors (Lipinski definition) is 5. The van der Waals surface area contributed by atoms with E-state index in [0.717, 1.165) is 16.8 Å². The molecule has 0 aliphatic heterocycles. The maximum Gasteiger partial charge on any atom is 0.331 e. The first-order valence-electron chi connectivity index (χ1n) is 10.4. The summed E-state index contributed by atoms with van der Waals surface area (Å²) in [6.45, 7) is 5.96. The Labute approximate surface area is 183 Å². The zero-order valence-corrected chi connectivity index (χ0v) is 18.7. The van der Waals surface area contributed by atoms with Gasteiger partial charge in [-0.15, -0.1) is 0 Å². The maximum atomic E-state index is 12.3. The van der Waals surface area contributed by atoms with Crippen molar-refractivity contribution in [2.24, 2.45) is 0 Å². The number of benzene rings is 1. The molecule has 0 radical (unpaired) electrons. The van der Waals surface area contributed by atoms with Crippen molar-refractivity contribution in [3.63, 3.8) is 0 Å². The molecule has 1 saturated carbocycles. The van der Waals surface area contributed by atoms with Gasteiger partial charge in [0.1, 0.15) is 0 Å². The average Bonchev–Trinajstić information content (AvgIpc) is 3.55. The topological polar surface area (TPSA) is 78.8 Å². The van der Waals surface area contributed by atoms with Crippen LogP contribution in [0.2, 0.25) is 0 Å². The molecule has 7 nitrogen and oxygen atoms in total. The van der Waals surface area contributed by atoms with Crippen LogP contribution in [-0.2, 0) is 20.9 Å². The fourth-order valence-corrected chi connectivity index (χ4v) is 3.61. The van der Waals surface area contributed by atoms with Crippen molar-refractivity contribution >= 4 is 18.0 Å². The summed E-state index contributed by atoms with van der Waals surface area (Å²) in [6.07, 6.45) is 4.63. The highest BCUT2D eigenvalue weighted by Gasteiger charge is 2.26. The van der Waals surface area contributed by atoms with Crippen molar-refractivity contribution in [3.05, 3.63) is 52.9 Å². The van der Waals surface area contributed by atoms with Crippen LogP contribution in [0, 0.1) is 13.8 Å². The van der Waals surface area contributed by atoms with E-state index in [4.69, 9.17) is 14.2 Å². The fraction of sp³-hybridized carbons (Fsp3) is 0.417. The molecule has 7 heteroatoms. The number of carbonyl (C=O) groups is 2. The Bertz CT molecular complexity index is 988. The first-order chi connectivity index (χ1) is 14.8. The minimum atomic E-state index is -0.906. The molecule has 2 aromatic rings. The van der Waals surface area contributed by atoms with Gasteiger partial charge < -0.3 is 24.1 Å². The van der Waals surface area contributed by atoms with E-state index in [1.165, 1.54) is 24.6 Å². The number of esters is 1. The molecule has 1 N–H and O–H groups in total. The number of amides is 1. The maximum absolute atomic E-state index is 12.3. The Morgan fingerprint density at radius 1 is 1.16 bits per heavy atom. The lowest BCUT2D eigenvalue weighted by Gasteiger charge is -2.13. The zero-order chi connectivity index (χ0) is 22.5. The van der Waals surface area contributed by atoms with Gasteiger partial charge in [0.2, 0.25) is 0 Å². The molecule has 1 aliphatic rings. The van der Waals surface area contributed by atoms with Gasteiger partial charge in [-0.05, 0) is 69.0 Å². The molecule has 1 aliphatic carbocycles. The zero-order valence-electron chi connectivity index (χ0n) is 18.7. The van der Waals surface area contributed by atoms with E-state index in [9.17, 15) is 9.59 Å². The molecule has 1 heterocycles. The van der Waals surface area contributed by atoms with E-state index in [2.05, 4.69) is 29.8 Å². The van der Waals surface area contributed by atoms with Gasteiger partial charge in [0.25, 0.3) is 5.91 Å². The summed E-state index contributed by atoms with van der Waals surface area (Å²) in [7, 11) is 3.12. The van der Waals surface area contributed by atoms with Crippen LogP contribution in [0.25, 0.3) is 6.08 Å². The molecule has 0 unspecified atom stereocenters. The van der Waals surface area contributed by atoms with Gasteiger partial charge in [-0.25, -0.2) is 4.79 Å². The highest BCUT2D eigenvalue weighted by Crippen LogP contribution is 2.38. The van der Waals surface area contributed by atoms with Crippen LogP contribution in [0.3, 0.4) is 0 Å². The van der Waals surface area contributed by atoms with Gasteiger partial charge in [-0.3, -0.25) is 4.79 Å². The van der Waals surface area contributed by atoms with Gasteiger partial charge in [-0.1, -0.05) is 6.07 Å². The Hall–Kier alpha value is -3.22. The molecule has 1 aromatic heterocycles. The lowest BCUT2D eigenvalue weighted by molar-refractivity contribution is -0.150. The van der Waals surface area contributed by atoms with Crippen molar-refractivity contribution in [1.29, 1.82) is 0 Å². The summed E-state index contributed by atoms with van der Waals surface area (Å²) in [4.78, 5) is 24.5. The molecule has 0 spiro atoms. The van der Waals surface area contributed by atoms with Gasteiger partial charge in [-0.2, -0.15) is 0 Å². The number of nitrogens with one attached hydrogen (secondary N) is 1. The standard InChI is InChI=1S/C24H30N2O5/c1-15-12-19(16(2)26(15)20-8-9-20)7-11-23(27)31-17(3)24(28)25-14-18-6-10-21(29-4)22(13-18)30-5/h6-7,10-13,17,20H,8-9,14H2,1-5H3,(H,25,28)/b11-7+/t17-/m0/s1. The molecular weight excluding hydrogens is 396 g/mol. The van der Waals surface area contributed by atoms with Gasteiger partial charge in [0.15, 0.2) is 17.6 Å². The lowest BCUT2D eigenvalue weighted by Crippen LogP contribution is -2.35. The van der Waals surface area contributed by atoms with Crippen LogP contribution >= 0.6 is 0 Å². The second kappa shape index (κ2) is 9.73. The molecule has 1 amide bonds. The van der Waals surface area contributed by atoms with E-state index in [1.807, 2.05) is 6.07 Å². The number of carbonyl (C=O) groups excluding carboxylic acids is 2. The molecule has 0 saturated heterocycles. The summed E-state index contributed by atoms with van der Waals surface area (Å²) >= 11 is 0. The Kier molecular flexibility index (Phi) is 7.05. The molecule has 31 heavy (non-hydrogen) atoms. The minimum absolute atomic E-state index is 0.282. The third-order valence-electron chi connectivity index (χ3n) is 5.41. The molecule has 1 fully saturated rings. The summed E-state index contributed by atoms with van der Waals surface area (Å²) in [5.41, 5.74) is 4.17. The van der Waals surface area contributed by atoms with Crippen LogP contribution < -0.4 is 14.8 Å². The van der Waals surface area contributed by atoms with Gasteiger partial charge in [0, 0.05) is 30.1 Å². The van der Waals surface area contributed by atoms with Gasteiger partial charge >= 0.3 is 5.97 Å². The molecule has 1 aromatic carbocycles. The summed E-state index contributed by atoms with van der Waals surface area (Å²) in [6, 6.07) is 8.05. The third kappa shape index (κ3) is 5.48. The highest BCUT2D eigenvalue weighted by molar-refractivity contribution is 5.90. The number of aryl methyl sites for hydroxylation is 1. The van der Waals surface area contributed by atoms with Crippen LogP contribution in [0.5, 0.6) is 11.5 Å². The number of nitrogens with zero attached hydrogens (tertiary/aromatic N) is 1. The monoisotopic (exact) mass is 426 g/mol. The molecule has 0 bridgehead atoms. The van der Waals surface area contributed by atoms with Crippen LogP contribution in [0.15, 0.2) is 30.3 Å². The van der Waals surface area contributed by atoms with E-state index in [0.29, 0.717) is 17.5 Å². The quantitative estimate of drug-likeness (QED) is 0.488. The summed E-state index contributed by atoms with van der Waals surface area (Å²) < 4.78 is 18.0. The van der Waals surface area contributed by atoms with E-state index in [-0.39, 0.29) is 12.5 Å². The second-order valence-corrected chi connectivity index (χ2v) is 7.75. The van der Waals surface area contributed by atoms with E-state index < -0.39 is 12.1 Å². The lowest BCUT2D eigenvalue weighted by atomic mass is 10.2. The van der Waals surface area contributed by atoms with Crippen LogP contribution in [0.4, 0.5) is 0 Å². The number of ether oxygens (including phenoxy) is 3. The molecule has 3 rings (SSSR count). The van der Waals surface area contributed by atoms with Gasteiger partial charge in [0.05, 0.1) is 14.2 Å². The van der Waals surface area contributed by atoms with E-state index >= 15 is 0 Å². The summed E-state index contributed by atoms with van der Waals surface area (Å²) in [5.74, 6) is 0.276. The predicted octanol–water partition coefficient (Wildman–Crippen LogP) is 3.72. The van der Waals surface area contributed by atoms with Crippen LogP contribution in [0.1, 0.15) is 48.3 Å². The van der Waals surface area contributed by atoms with Crippen molar-refractivity contribution in [2.75, 3.05) is 14.2 Å². The number of rotatable bonds is 9. The van der Waals surface area contributed by atoms with Crippen molar-refractivity contribution < 1.29 is 23.8 Å². The molecule has 166 valence electrons. The average molecular weight is 427 g/mol. The van der Waals surface area contributed by atoms with Crippen LogP contribution in [-0.4, -0.2) is 36.8 Å². The normalized spacial score (nSPS) is 14.4. The smallest absolute Gasteiger partial charge is 0.331 e. The van der Waals surface area contributed by atoms with Crippen molar-refractivity contribution in [2.45, 2.75) is 52.3 Å². The number of aromatic nitrogens is 1. The SMILES string of the molecule is COc1ccc(CNC(=O)[C@H](C)OC(=O)/C=C/c2cc(C)n(C3CC3)c2C)cc1OC. The van der Waals surface area contributed by atoms with Crippen molar-refractivity contribution in [1.82, 2.24) is 9.88 Å². The first-order valence-corrected chi connectivity index (χ1v) is 10.4. The Morgan fingerprint density at radius 3 is 2.52 bits per heavy atom. The summed E-state index contributed by atoms with van der Waals surface area (Å²) in [5, 5.41) is 2.77. The first kappa shape index (κ1) is 22.5. The number of hydrogen-bond donors (Lipinski definition) is 1. The third-order valence-corrected chi connectivity index (χ3v) is 5.41. The van der Waals surface area contributed by atoms with Crippen molar-refractivity contribution in [3.8, 4) is 11.5 Å². The molecule has 1 atom stereocenters.